The molecule has 0 saturated heterocycles. The number of nitriles is 1. The lowest BCUT2D eigenvalue weighted by atomic mass is 9.92. The molecular weight excluding hydrogens is 340 g/mol. The first-order chi connectivity index (χ1) is 13.0. The van der Waals surface area contributed by atoms with Gasteiger partial charge in [-0.1, -0.05) is 36.4 Å². The van der Waals surface area contributed by atoms with Gasteiger partial charge in [-0.2, -0.15) is 5.26 Å². The minimum Gasteiger partial charge on any atom is -0.315 e. The second-order valence-electron chi connectivity index (χ2n) is 6.63. The second kappa shape index (κ2) is 7.92. The quantitative estimate of drug-likeness (QED) is 0.515. The molecule has 138 valence electrons. The molecule has 1 aromatic carbocycles. The summed E-state index contributed by atoms with van der Waals surface area (Å²) in [6.45, 7) is 1.76. The Balaban J connectivity index is 1.90. The number of anilines is 1. The number of allylic oxidation sites excluding steroid dienone is 3. The van der Waals surface area contributed by atoms with Crippen LogP contribution in [-0.4, -0.2) is 15.3 Å². The predicted octanol–water partition coefficient (Wildman–Crippen LogP) is 3.23. The van der Waals surface area contributed by atoms with E-state index in [2.05, 4.69) is 17.5 Å². The second-order valence-corrected chi connectivity index (χ2v) is 6.63. The van der Waals surface area contributed by atoms with Gasteiger partial charge in [0.2, 0.25) is 0 Å². The molecule has 3 rings (SSSR count). The van der Waals surface area contributed by atoms with E-state index in [1.165, 1.54) is 4.68 Å². The van der Waals surface area contributed by atoms with Gasteiger partial charge in [0.1, 0.15) is 17.3 Å². The molecule has 0 radical (unpaired) electrons. The summed E-state index contributed by atoms with van der Waals surface area (Å²) < 4.78 is 3.18. The Labute approximate surface area is 158 Å². The molecule has 1 aliphatic carbocycles. The summed E-state index contributed by atoms with van der Waals surface area (Å²) in [6.07, 6.45) is 8.57. The molecule has 0 saturated carbocycles. The molecule has 0 fully saturated rings. The molecule has 0 spiro atoms. The first-order valence-corrected chi connectivity index (χ1v) is 8.95. The zero-order valence-electron chi connectivity index (χ0n) is 15.5. The van der Waals surface area contributed by atoms with Crippen LogP contribution in [0.3, 0.4) is 0 Å². The summed E-state index contributed by atoms with van der Waals surface area (Å²) in [6, 6.07) is 11.2. The molecule has 1 atom stereocenters. The molecule has 0 aliphatic heterocycles. The van der Waals surface area contributed by atoms with Crippen molar-refractivity contribution in [3.8, 4) is 11.8 Å². The van der Waals surface area contributed by atoms with Crippen molar-refractivity contribution in [2.24, 2.45) is 13.0 Å². The van der Waals surface area contributed by atoms with Gasteiger partial charge >= 0.3 is 0 Å². The number of carbonyl (C=O) groups excluding carboxylic acids is 1. The van der Waals surface area contributed by atoms with Crippen LogP contribution in [0.1, 0.15) is 25.0 Å². The molecule has 1 aromatic heterocycles. The first kappa shape index (κ1) is 18.5. The summed E-state index contributed by atoms with van der Waals surface area (Å²) >= 11 is 0. The number of amides is 1. The van der Waals surface area contributed by atoms with E-state index in [0.717, 1.165) is 19.3 Å². The van der Waals surface area contributed by atoms with Gasteiger partial charge in [-0.3, -0.25) is 14.3 Å². The van der Waals surface area contributed by atoms with Crippen molar-refractivity contribution in [1.29, 1.82) is 5.26 Å². The minimum atomic E-state index is -0.543. The van der Waals surface area contributed by atoms with Crippen molar-refractivity contribution in [2.45, 2.75) is 26.2 Å². The third-order valence-corrected chi connectivity index (χ3v) is 4.87. The van der Waals surface area contributed by atoms with Gasteiger partial charge in [0.25, 0.3) is 11.5 Å². The maximum Gasteiger partial charge on any atom is 0.295 e. The van der Waals surface area contributed by atoms with E-state index in [9.17, 15) is 14.9 Å². The first-order valence-electron chi connectivity index (χ1n) is 8.95. The fourth-order valence-electron chi connectivity index (χ4n) is 3.26. The van der Waals surface area contributed by atoms with Crippen molar-refractivity contribution < 1.29 is 4.79 Å². The summed E-state index contributed by atoms with van der Waals surface area (Å²) in [5, 5.41) is 12.0. The molecule has 1 heterocycles. The predicted molar refractivity (Wildman–Crippen MR) is 105 cm³/mol. The molecule has 1 aliphatic rings. The van der Waals surface area contributed by atoms with Crippen molar-refractivity contribution in [2.75, 3.05) is 5.32 Å². The molecule has 6 nitrogen and oxygen atoms in total. The topological polar surface area (TPSA) is 79.8 Å². The Hall–Kier alpha value is -3.33. The maximum atomic E-state index is 12.9. The molecular formula is C21H22N4O2. The van der Waals surface area contributed by atoms with Crippen LogP contribution in [0.2, 0.25) is 0 Å². The minimum absolute atomic E-state index is 0.0456. The Morgan fingerprint density at radius 3 is 2.67 bits per heavy atom. The van der Waals surface area contributed by atoms with Crippen molar-refractivity contribution in [1.82, 2.24) is 9.36 Å². The summed E-state index contributed by atoms with van der Waals surface area (Å²) in [5.41, 5.74) is 1.24. The zero-order valence-corrected chi connectivity index (χ0v) is 15.5. The molecule has 1 amide bonds. The lowest BCUT2D eigenvalue weighted by Crippen LogP contribution is -2.23. The lowest BCUT2D eigenvalue weighted by molar-refractivity contribution is -0.112. The molecule has 0 unspecified atom stereocenters. The molecule has 6 heteroatoms. The number of carbonyl (C=O) groups is 1. The molecule has 0 bridgehead atoms. The third kappa shape index (κ3) is 3.77. The van der Waals surface area contributed by atoms with Gasteiger partial charge < -0.3 is 5.32 Å². The smallest absolute Gasteiger partial charge is 0.295 e. The number of nitrogens with zero attached hydrogens (tertiary/aromatic N) is 3. The number of rotatable bonds is 4. The molecule has 27 heavy (non-hydrogen) atoms. The summed E-state index contributed by atoms with van der Waals surface area (Å²) in [7, 11) is 1.76. The van der Waals surface area contributed by atoms with E-state index >= 15 is 0 Å². The van der Waals surface area contributed by atoms with Gasteiger partial charge in [0, 0.05) is 7.05 Å². The number of para-hydroxylation sites is 1. The van der Waals surface area contributed by atoms with Crippen molar-refractivity contribution in [3.63, 3.8) is 0 Å². The fraction of sp³-hybridized carbons (Fsp3) is 0.286. The van der Waals surface area contributed by atoms with E-state index in [4.69, 9.17) is 0 Å². The number of aromatic nitrogens is 2. The van der Waals surface area contributed by atoms with Gasteiger partial charge in [-0.15, -0.1) is 0 Å². The van der Waals surface area contributed by atoms with Crippen LogP contribution in [0.5, 0.6) is 0 Å². The standard InChI is InChI=1S/C21H22N4O2/c1-15-19(21(27)25(24(15)2)18-11-7-4-8-12-18)23-20(26)17(14-22)13-16-9-5-3-6-10-16/h3-5,7-8,11-13,16H,6,9-10H2,1-2H3,(H,23,26)/b17-13-/t16-/m1/s1. The zero-order chi connectivity index (χ0) is 19.4. The van der Waals surface area contributed by atoms with Gasteiger partial charge in [-0.05, 0) is 44.2 Å². The Morgan fingerprint density at radius 1 is 1.30 bits per heavy atom. The van der Waals surface area contributed by atoms with E-state index in [0.29, 0.717) is 11.4 Å². The highest BCUT2D eigenvalue weighted by Crippen LogP contribution is 2.21. The van der Waals surface area contributed by atoms with Crippen LogP contribution in [0.15, 0.2) is 58.9 Å². The Bertz CT molecular complexity index is 1000. The van der Waals surface area contributed by atoms with E-state index in [1.807, 2.05) is 36.4 Å². The summed E-state index contributed by atoms with van der Waals surface area (Å²) in [5.74, 6) is -0.369. The number of hydrogen-bond donors (Lipinski definition) is 1. The largest absolute Gasteiger partial charge is 0.315 e. The van der Waals surface area contributed by atoms with Gasteiger partial charge in [0.15, 0.2) is 0 Å². The van der Waals surface area contributed by atoms with Crippen LogP contribution >= 0.6 is 0 Å². The molecule has 1 N–H and O–H groups in total. The highest BCUT2D eigenvalue weighted by molar-refractivity contribution is 6.06. The molecule has 2 aromatic rings. The highest BCUT2D eigenvalue weighted by atomic mass is 16.2. The van der Waals surface area contributed by atoms with E-state index < -0.39 is 5.91 Å². The van der Waals surface area contributed by atoms with Gasteiger partial charge in [-0.25, -0.2) is 4.68 Å². The third-order valence-electron chi connectivity index (χ3n) is 4.87. The van der Waals surface area contributed by atoms with Crippen LogP contribution in [0, 0.1) is 24.2 Å². The van der Waals surface area contributed by atoms with Crippen molar-refractivity contribution in [3.05, 3.63) is 70.2 Å². The maximum absolute atomic E-state index is 12.9. The monoisotopic (exact) mass is 362 g/mol. The van der Waals surface area contributed by atoms with Crippen LogP contribution in [0.4, 0.5) is 5.69 Å². The van der Waals surface area contributed by atoms with E-state index in [1.54, 1.807) is 24.7 Å². The summed E-state index contributed by atoms with van der Waals surface area (Å²) in [4.78, 5) is 25.5. The number of benzene rings is 1. The van der Waals surface area contributed by atoms with Crippen LogP contribution in [-0.2, 0) is 11.8 Å². The number of nitrogens with one attached hydrogen (secondary N) is 1. The highest BCUT2D eigenvalue weighted by Gasteiger charge is 2.20. The normalized spacial score (nSPS) is 16.8. The Morgan fingerprint density at radius 2 is 2.04 bits per heavy atom. The average molecular weight is 362 g/mol. The van der Waals surface area contributed by atoms with Crippen molar-refractivity contribution >= 4 is 11.6 Å². The number of hydrogen-bond acceptors (Lipinski definition) is 3. The van der Waals surface area contributed by atoms with Crippen LogP contribution in [0.25, 0.3) is 5.69 Å². The lowest BCUT2D eigenvalue weighted by Gasteiger charge is -2.13. The average Bonchev–Trinajstić information content (AvgIpc) is 2.90. The fourth-order valence-corrected chi connectivity index (χ4v) is 3.26. The van der Waals surface area contributed by atoms with Gasteiger partial charge in [0.05, 0.1) is 11.4 Å². The van der Waals surface area contributed by atoms with Crippen LogP contribution < -0.4 is 10.9 Å². The van der Waals surface area contributed by atoms with E-state index in [-0.39, 0.29) is 22.7 Å². The Kier molecular flexibility index (Phi) is 5.41. The SMILES string of the molecule is Cc1c(NC(=O)/C(C#N)=C\[C@@H]2CC=CCC2)c(=O)n(-c2ccccc2)n1C.